The zero-order valence-electron chi connectivity index (χ0n) is 20.6. The van der Waals surface area contributed by atoms with Gasteiger partial charge in [0.25, 0.3) is 0 Å². The molecule has 0 radical (unpaired) electrons. The summed E-state index contributed by atoms with van der Waals surface area (Å²) in [4.78, 5) is 12.4. The van der Waals surface area contributed by atoms with Gasteiger partial charge >= 0.3 is 5.97 Å². The van der Waals surface area contributed by atoms with Gasteiger partial charge < -0.3 is 9.47 Å². The lowest BCUT2D eigenvalue weighted by Crippen LogP contribution is -2.33. The average molecular weight is 429 g/mol. The number of cyclic esters (lactones) is 1. The van der Waals surface area contributed by atoms with Crippen molar-refractivity contribution in [3.8, 4) is 0 Å². The third-order valence-electron chi connectivity index (χ3n) is 6.40. The van der Waals surface area contributed by atoms with E-state index in [1.807, 2.05) is 0 Å². The Morgan fingerprint density at radius 2 is 1.90 bits per heavy atom. The third kappa shape index (κ3) is 8.80. The molecule has 0 spiro atoms. The molecule has 2 aliphatic heterocycles. The van der Waals surface area contributed by atoms with Crippen LogP contribution in [0.3, 0.4) is 0 Å². The van der Waals surface area contributed by atoms with Crippen molar-refractivity contribution in [3.05, 3.63) is 48.1 Å². The maximum atomic E-state index is 12.4. The van der Waals surface area contributed by atoms with Crippen LogP contribution in [0, 0.1) is 17.3 Å². The largest absolute Gasteiger partial charge is 0.457 e. The molecule has 2 heterocycles. The molecular weight excluding hydrogens is 384 g/mol. The number of hydrogen-bond donors (Lipinski definition) is 0. The number of esters is 1. The molecule has 0 aromatic carbocycles. The van der Waals surface area contributed by atoms with Gasteiger partial charge in [-0.05, 0) is 56.4 Å². The first kappa shape index (κ1) is 25.6. The number of carbonyl (C=O) groups excluding carboxylic acids is 1. The highest BCUT2D eigenvalue weighted by Crippen LogP contribution is 2.36. The van der Waals surface area contributed by atoms with Gasteiger partial charge in [-0.3, -0.25) is 4.79 Å². The standard InChI is InChI=1S/C28H44O3/c1-7-15-22(3)26-24(30-26)20-21(2)16-14-17-23(4)27-28(5,6)19-13-11-9-8-10-12-18-25(29)31-27/h8,10,13-14,16-17,19,21-22,24,26-27H,7,9,11-12,15,18,20H2,1-6H3/b10-8-,16-14+,19-13+,23-17+. The summed E-state index contributed by atoms with van der Waals surface area (Å²) in [5.41, 5.74) is 0.833. The fraction of sp³-hybridized carbons (Fsp3) is 0.679. The zero-order valence-corrected chi connectivity index (χ0v) is 20.6. The second kappa shape index (κ2) is 12.4. The van der Waals surface area contributed by atoms with E-state index < -0.39 is 0 Å². The highest BCUT2D eigenvalue weighted by atomic mass is 16.6. The molecule has 5 unspecified atom stereocenters. The van der Waals surface area contributed by atoms with Gasteiger partial charge in [0.15, 0.2) is 0 Å². The van der Waals surface area contributed by atoms with Crippen molar-refractivity contribution in [2.45, 2.75) is 105 Å². The topological polar surface area (TPSA) is 38.8 Å². The van der Waals surface area contributed by atoms with Crippen molar-refractivity contribution in [2.75, 3.05) is 0 Å². The van der Waals surface area contributed by atoms with Gasteiger partial charge in [0, 0.05) is 11.8 Å². The number of ether oxygens (including phenoxy) is 2. The van der Waals surface area contributed by atoms with Crippen molar-refractivity contribution < 1.29 is 14.3 Å². The molecule has 0 saturated carbocycles. The Kier molecular flexibility index (Phi) is 10.3. The lowest BCUT2D eigenvalue weighted by atomic mass is 9.81. The Balaban J connectivity index is 1.98. The van der Waals surface area contributed by atoms with Crippen molar-refractivity contribution in [1.29, 1.82) is 0 Å². The van der Waals surface area contributed by atoms with Crippen LogP contribution >= 0.6 is 0 Å². The van der Waals surface area contributed by atoms with E-state index in [4.69, 9.17) is 9.47 Å². The molecular formula is C28H44O3. The minimum atomic E-state index is -0.259. The number of allylic oxidation sites excluding steroid dienone is 6. The molecule has 0 aromatic heterocycles. The molecule has 0 N–H and O–H groups in total. The highest BCUT2D eigenvalue weighted by molar-refractivity contribution is 5.70. The van der Waals surface area contributed by atoms with Gasteiger partial charge in [-0.1, -0.05) is 83.6 Å². The van der Waals surface area contributed by atoms with E-state index in [9.17, 15) is 4.79 Å². The monoisotopic (exact) mass is 428 g/mol. The fourth-order valence-electron chi connectivity index (χ4n) is 4.52. The first-order chi connectivity index (χ1) is 14.7. The Bertz CT molecular complexity index is 682. The predicted molar refractivity (Wildman–Crippen MR) is 130 cm³/mol. The van der Waals surface area contributed by atoms with Gasteiger partial charge in [0.2, 0.25) is 0 Å². The smallest absolute Gasteiger partial charge is 0.306 e. The lowest BCUT2D eigenvalue weighted by Gasteiger charge is -2.32. The molecule has 3 heteroatoms. The molecule has 3 nitrogen and oxygen atoms in total. The third-order valence-corrected chi connectivity index (χ3v) is 6.40. The Hall–Kier alpha value is -1.61. The summed E-state index contributed by atoms with van der Waals surface area (Å²) in [6, 6.07) is 0. The SMILES string of the molecule is CCCC(C)C1OC1CC(C)/C=C/C=C(\C)C1OC(=O)CC/C=C\CC/C=C/C1(C)C. The summed E-state index contributed by atoms with van der Waals surface area (Å²) in [6.45, 7) is 13.2. The molecule has 2 rings (SSSR count). The van der Waals surface area contributed by atoms with Crippen molar-refractivity contribution in [2.24, 2.45) is 17.3 Å². The molecule has 0 aliphatic carbocycles. The van der Waals surface area contributed by atoms with Crippen LogP contribution in [0.15, 0.2) is 48.1 Å². The summed E-state index contributed by atoms with van der Waals surface area (Å²) in [6.07, 6.45) is 22.5. The molecule has 2 aliphatic rings. The molecule has 0 amide bonds. The van der Waals surface area contributed by atoms with Gasteiger partial charge in [-0.2, -0.15) is 0 Å². The molecule has 0 aromatic rings. The van der Waals surface area contributed by atoms with Crippen molar-refractivity contribution in [3.63, 3.8) is 0 Å². The van der Waals surface area contributed by atoms with Gasteiger partial charge in [0.1, 0.15) is 6.10 Å². The fourth-order valence-corrected chi connectivity index (χ4v) is 4.52. The quantitative estimate of drug-likeness (QED) is 0.176. The summed E-state index contributed by atoms with van der Waals surface area (Å²) in [7, 11) is 0. The molecule has 174 valence electrons. The highest BCUT2D eigenvalue weighted by Gasteiger charge is 2.42. The predicted octanol–water partition coefficient (Wildman–Crippen LogP) is 7.34. The van der Waals surface area contributed by atoms with Gasteiger partial charge in [-0.25, -0.2) is 0 Å². The van der Waals surface area contributed by atoms with E-state index in [2.05, 4.69) is 84.1 Å². The van der Waals surface area contributed by atoms with Crippen molar-refractivity contribution in [1.82, 2.24) is 0 Å². The van der Waals surface area contributed by atoms with E-state index in [1.54, 1.807) is 0 Å². The maximum Gasteiger partial charge on any atom is 0.306 e. The molecule has 0 bridgehead atoms. The zero-order chi connectivity index (χ0) is 22.9. The number of rotatable bonds is 8. The van der Waals surface area contributed by atoms with Crippen LogP contribution in [-0.4, -0.2) is 24.3 Å². The summed E-state index contributed by atoms with van der Waals surface area (Å²) in [5.74, 6) is 1.00. The first-order valence-electron chi connectivity index (χ1n) is 12.3. The maximum absolute atomic E-state index is 12.4. The second-order valence-corrected chi connectivity index (χ2v) is 10.1. The van der Waals surface area contributed by atoms with Gasteiger partial charge in [0.05, 0.1) is 12.2 Å². The van der Waals surface area contributed by atoms with Crippen LogP contribution < -0.4 is 0 Å². The van der Waals surface area contributed by atoms with E-state index in [-0.39, 0.29) is 17.5 Å². The van der Waals surface area contributed by atoms with Crippen LogP contribution in [0.1, 0.15) is 86.5 Å². The lowest BCUT2D eigenvalue weighted by molar-refractivity contribution is -0.151. The van der Waals surface area contributed by atoms with E-state index in [0.717, 1.165) is 31.3 Å². The number of epoxide rings is 1. The summed E-state index contributed by atoms with van der Waals surface area (Å²) in [5, 5.41) is 0. The molecule has 31 heavy (non-hydrogen) atoms. The number of carbonyl (C=O) groups is 1. The number of hydrogen-bond acceptors (Lipinski definition) is 3. The minimum absolute atomic E-state index is 0.125. The summed E-state index contributed by atoms with van der Waals surface area (Å²) >= 11 is 0. The van der Waals surface area contributed by atoms with Gasteiger partial charge in [-0.15, -0.1) is 0 Å². The Labute approximate surface area is 190 Å². The molecule has 5 atom stereocenters. The molecule has 1 saturated heterocycles. The minimum Gasteiger partial charge on any atom is -0.457 e. The van der Waals surface area contributed by atoms with Crippen LogP contribution in [0.25, 0.3) is 0 Å². The van der Waals surface area contributed by atoms with Crippen LogP contribution in [0.5, 0.6) is 0 Å². The Morgan fingerprint density at radius 1 is 1.19 bits per heavy atom. The second-order valence-electron chi connectivity index (χ2n) is 10.1. The van der Waals surface area contributed by atoms with Crippen LogP contribution in [0.4, 0.5) is 0 Å². The Morgan fingerprint density at radius 3 is 2.65 bits per heavy atom. The van der Waals surface area contributed by atoms with Crippen molar-refractivity contribution >= 4 is 5.97 Å². The first-order valence-corrected chi connectivity index (χ1v) is 12.3. The average Bonchev–Trinajstić information content (AvgIpc) is 3.46. The normalized spacial score (nSPS) is 31.2. The van der Waals surface area contributed by atoms with E-state index >= 15 is 0 Å². The van der Waals surface area contributed by atoms with Crippen LogP contribution in [0.2, 0.25) is 0 Å². The summed E-state index contributed by atoms with van der Waals surface area (Å²) < 4.78 is 11.9. The molecule has 1 fully saturated rings. The van der Waals surface area contributed by atoms with Crippen LogP contribution in [-0.2, 0) is 14.3 Å². The van der Waals surface area contributed by atoms with E-state index in [0.29, 0.717) is 30.5 Å². The van der Waals surface area contributed by atoms with E-state index in [1.165, 1.54) is 12.8 Å².